The lowest BCUT2D eigenvalue weighted by Gasteiger charge is -2.24. The summed E-state index contributed by atoms with van der Waals surface area (Å²) in [4.78, 5) is 23.2. The third-order valence-electron chi connectivity index (χ3n) is 2.79. The number of hydrogen-bond donors (Lipinski definition) is 2. The van der Waals surface area contributed by atoms with Crippen LogP contribution in [-0.4, -0.2) is 23.2 Å². The zero-order valence-electron chi connectivity index (χ0n) is 12.4. The van der Waals surface area contributed by atoms with Crippen molar-refractivity contribution >= 4 is 33.4 Å². The van der Waals surface area contributed by atoms with Gasteiger partial charge in [-0.3, -0.25) is 9.59 Å². The first-order valence-corrected chi connectivity index (χ1v) is 7.59. The molecule has 0 fully saturated rings. The van der Waals surface area contributed by atoms with E-state index in [1.807, 2.05) is 20.8 Å². The summed E-state index contributed by atoms with van der Waals surface area (Å²) in [5.41, 5.74) is -0.0682. The Balaban J connectivity index is 2.38. The number of carbonyl (C=O) groups excluding carboxylic acids is 2. The maximum absolute atomic E-state index is 13.3. The number of rotatable bonds is 5. The molecule has 0 saturated heterocycles. The van der Waals surface area contributed by atoms with Gasteiger partial charge < -0.3 is 10.6 Å². The molecule has 2 N–H and O–H groups in total. The average molecular weight is 359 g/mol. The Hall–Kier alpha value is -1.43. The molecule has 0 radical (unpaired) electrons. The molecule has 1 atom stereocenters. The van der Waals surface area contributed by atoms with Crippen molar-refractivity contribution < 1.29 is 14.0 Å². The normalized spacial score (nSPS) is 12.6. The monoisotopic (exact) mass is 358 g/mol. The van der Waals surface area contributed by atoms with Crippen LogP contribution in [0, 0.1) is 11.2 Å². The van der Waals surface area contributed by atoms with Crippen molar-refractivity contribution in [3.8, 4) is 0 Å². The number of alkyl halides is 1. The third kappa shape index (κ3) is 5.83. The highest BCUT2D eigenvalue weighted by Crippen LogP contribution is 2.25. The number of halogens is 2. The molecule has 0 spiro atoms. The second-order valence-electron chi connectivity index (χ2n) is 5.80. The molecule has 0 aliphatic heterocycles. The minimum Gasteiger partial charge on any atom is -0.355 e. The van der Waals surface area contributed by atoms with Crippen LogP contribution < -0.4 is 10.6 Å². The van der Waals surface area contributed by atoms with Gasteiger partial charge in [-0.25, -0.2) is 4.39 Å². The predicted molar refractivity (Wildman–Crippen MR) is 84.8 cm³/mol. The van der Waals surface area contributed by atoms with E-state index >= 15 is 0 Å². The summed E-state index contributed by atoms with van der Waals surface area (Å²) in [5.74, 6) is -0.994. The fraction of sp³-hybridized carbons (Fsp3) is 0.467. The smallest absolute Gasteiger partial charge is 0.234 e. The molecule has 0 saturated carbocycles. The Morgan fingerprint density at radius 3 is 2.48 bits per heavy atom. The van der Waals surface area contributed by atoms with E-state index < -0.39 is 5.82 Å². The molecular weight excluding hydrogens is 339 g/mol. The second-order valence-corrected chi connectivity index (χ2v) is 6.71. The summed E-state index contributed by atoms with van der Waals surface area (Å²) < 4.78 is 13.3. The van der Waals surface area contributed by atoms with Gasteiger partial charge in [0.05, 0.1) is 10.5 Å². The molecule has 0 unspecified atom stereocenters. The van der Waals surface area contributed by atoms with Crippen molar-refractivity contribution in [2.75, 3.05) is 11.9 Å². The van der Waals surface area contributed by atoms with Crippen molar-refractivity contribution in [2.24, 2.45) is 5.41 Å². The van der Waals surface area contributed by atoms with Crippen LogP contribution in [0.2, 0.25) is 0 Å². The van der Waals surface area contributed by atoms with Crippen molar-refractivity contribution in [3.63, 3.8) is 0 Å². The van der Waals surface area contributed by atoms with Gasteiger partial charge in [-0.1, -0.05) is 48.8 Å². The standard InChI is InChI=1S/C15H20BrFN2O2/c1-15(2,3)13(16)14(21)18-9-8-12(20)19-11-7-5-4-6-10(11)17/h4-7,13H,8-9H2,1-3H3,(H,18,21)(H,19,20)/t13-/m0/s1. The van der Waals surface area contributed by atoms with Gasteiger partial charge in [0.15, 0.2) is 0 Å². The summed E-state index contributed by atoms with van der Waals surface area (Å²) >= 11 is 3.33. The lowest BCUT2D eigenvalue weighted by atomic mass is 9.92. The van der Waals surface area contributed by atoms with Crippen LogP contribution in [0.1, 0.15) is 27.2 Å². The van der Waals surface area contributed by atoms with Crippen LogP contribution in [0.15, 0.2) is 24.3 Å². The molecule has 1 rings (SSSR count). The predicted octanol–water partition coefficient (Wildman–Crippen LogP) is 3.08. The van der Waals surface area contributed by atoms with E-state index in [0.29, 0.717) is 0 Å². The maximum atomic E-state index is 13.3. The highest BCUT2D eigenvalue weighted by molar-refractivity contribution is 9.10. The first kappa shape index (κ1) is 17.6. The molecular formula is C15H20BrFN2O2. The number of para-hydroxylation sites is 1. The lowest BCUT2D eigenvalue weighted by molar-refractivity contribution is -0.122. The first-order chi connectivity index (χ1) is 9.71. The molecule has 6 heteroatoms. The average Bonchev–Trinajstić information content (AvgIpc) is 2.39. The van der Waals surface area contributed by atoms with Crippen LogP contribution in [0.25, 0.3) is 0 Å². The Labute approximate surface area is 132 Å². The molecule has 116 valence electrons. The van der Waals surface area contributed by atoms with Gasteiger partial charge in [0.1, 0.15) is 5.82 Å². The molecule has 1 aromatic rings. The van der Waals surface area contributed by atoms with Gasteiger partial charge in [-0.2, -0.15) is 0 Å². The summed E-state index contributed by atoms with van der Waals surface area (Å²) in [7, 11) is 0. The highest BCUT2D eigenvalue weighted by Gasteiger charge is 2.28. The van der Waals surface area contributed by atoms with E-state index in [1.54, 1.807) is 12.1 Å². The summed E-state index contributed by atoms with van der Waals surface area (Å²) in [5, 5.41) is 5.15. The van der Waals surface area contributed by atoms with Gasteiger partial charge in [0.2, 0.25) is 11.8 Å². The quantitative estimate of drug-likeness (QED) is 0.794. The van der Waals surface area contributed by atoms with Crippen molar-refractivity contribution in [2.45, 2.75) is 32.0 Å². The lowest BCUT2D eigenvalue weighted by Crippen LogP contribution is -2.39. The Kier molecular flexibility index (Phi) is 6.33. The molecule has 0 bridgehead atoms. The van der Waals surface area contributed by atoms with Crippen LogP contribution in [0.3, 0.4) is 0 Å². The third-order valence-corrected chi connectivity index (χ3v) is 4.58. The minimum absolute atomic E-state index is 0.0872. The number of hydrogen-bond acceptors (Lipinski definition) is 2. The van der Waals surface area contributed by atoms with E-state index in [4.69, 9.17) is 0 Å². The van der Waals surface area contributed by atoms with Gasteiger partial charge in [-0.05, 0) is 17.5 Å². The molecule has 2 amide bonds. The van der Waals surface area contributed by atoms with Crippen LogP contribution in [-0.2, 0) is 9.59 Å². The van der Waals surface area contributed by atoms with Gasteiger partial charge in [0, 0.05) is 13.0 Å². The fourth-order valence-corrected chi connectivity index (χ4v) is 1.72. The highest BCUT2D eigenvalue weighted by atomic mass is 79.9. The SMILES string of the molecule is CC(C)(C)[C@@H](Br)C(=O)NCCC(=O)Nc1ccccc1F. The molecule has 0 aliphatic carbocycles. The molecule has 0 aromatic heterocycles. The first-order valence-electron chi connectivity index (χ1n) is 6.68. The Bertz CT molecular complexity index is 515. The summed E-state index contributed by atoms with van der Waals surface area (Å²) in [6.07, 6.45) is 0.0872. The number of carbonyl (C=O) groups is 2. The summed E-state index contributed by atoms with van der Waals surface area (Å²) in [6, 6.07) is 5.95. The molecule has 0 heterocycles. The number of anilines is 1. The number of nitrogens with one attached hydrogen (secondary N) is 2. The second kappa shape index (κ2) is 7.54. The molecule has 1 aromatic carbocycles. The van der Waals surface area contributed by atoms with Crippen molar-refractivity contribution in [1.82, 2.24) is 5.32 Å². The van der Waals surface area contributed by atoms with Crippen LogP contribution in [0.4, 0.5) is 10.1 Å². The summed E-state index contributed by atoms with van der Waals surface area (Å²) in [6.45, 7) is 6.03. The molecule has 21 heavy (non-hydrogen) atoms. The molecule has 4 nitrogen and oxygen atoms in total. The van der Waals surface area contributed by atoms with Crippen molar-refractivity contribution in [3.05, 3.63) is 30.1 Å². The Morgan fingerprint density at radius 2 is 1.90 bits per heavy atom. The number of benzene rings is 1. The topological polar surface area (TPSA) is 58.2 Å². The Morgan fingerprint density at radius 1 is 1.29 bits per heavy atom. The largest absolute Gasteiger partial charge is 0.355 e. The van der Waals surface area contributed by atoms with Crippen molar-refractivity contribution in [1.29, 1.82) is 0 Å². The minimum atomic E-state index is -0.483. The van der Waals surface area contributed by atoms with Crippen LogP contribution >= 0.6 is 15.9 Å². The van der Waals surface area contributed by atoms with Gasteiger partial charge in [0.25, 0.3) is 0 Å². The van der Waals surface area contributed by atoms with Crippen LogP contribution in [0.5, 0.6) is 0 Å². The van der Waals surface area contributed by atoms with Gasteiger partial charge >= 0.3 is 0 Å². The zero-order valence-corrected chi connectivity index (χ0v) is 14.0. The maximum Gasteiger partial charge on any atom is 0.234 e. The molecule has 0 aliphatic rings. The fourth-order valence-electron chi connectivity index (χ4n) is 1.56. The van der Waals surface area contributed by atoms with E-state index in [1.165, 1.54) is 12.1 Å². The van der Waals surface area contributed by atoms with E-state index in [-0.39, 0.29) is 40.7 Å². The van der Waals surface area contributed by atoms with Gasteiger partial charge in [-0.15, -0.1) is 0 Å². The van der Waals surface area contributed by atoms with E-state index in [9.17, 15) is 14.0 Å². The number of amides is 2. The van der Waals surface area contributed by atoms with E-state index in [0.717, 1.165) is 0 Å². The zero-order chi connectivity index (χ0) is 16.0. The van der Waals surface area contributed by atoms with E-state index in [2.05, 4.69) is 26.6 Å².